The van der Waals surface area contributed by atoms with Crippen LogP contribution in [0.15, 0.2) is 16.7 Å². The van der Waals surface area contributed by atoms with E-state index in [1.807, 2.05) is 30.9 Å². The highest BCUT2D eigenvalue weighted by Crippen LogP contribution is 2.33. The number of benzene rings is 1. The minimum atomic E-state index is -0.351. The second-order valence-corrected chi connectivity index (χ2v) is 7.41. The van der Waals surface area contributed by atoms with Gasteiger partial charge < -0.3 is 24.2 Å². The quantitative estimate of drug-likeness (QED) is 0.898. The number of morpholine rings is 1. The summed E-state index contributed by atoms with van der Waals surface area (Å²) in [5.41, 5.74) is 0.760. The van der Waals surface area contributed by atoms with Crippen molar-refractivity contribution < 1.29 is 18.4 Å². The molecule has 1 N–H and O–H groups in total. The van der Waals surface area contributed by atoms with Crippen molar-refractivity contribution >= 4 is 22.5 Å². The summed E-state index contributed by atoms with van der Waals surface area (Å²) in [7, 11) is 0. The van der Waals surface area contributed by atoms with E-state index in [-0.39, 0.29) is 23.6 Å². The first-order valence-corrected chi connectivity index (χ1v) is 9.41. The predicted molar refractivity (Wildman–Crippen MR) is 98.2 cm³/mol. The van der Waals surface area contributed by atoms with E-state index in [4.69, 9.17) is 14.0 Å². The molecule has 142 valence electrons. The zero-order valence-electron chi connectivity index (χ0n) is 15.3. The van der Waals surface area contributed by atoms with Gasteiger partial charge >= 0.3 is 0 Å². The van der Waals surface area contributed by atoms with Gasteiger partial charge in [-0.2, -0.15) is 0 Å². The fourth-order valence-corrected chi connectivity index (χ4v) is 3.90. The summed E-state index contributed by atoms with van der Waals surface area (Å²) in [6, 6.07) is 3.71. The molecule has 2 atom stereocenters. The third-order valence-electron chi connectivity index (χ3n) is 5.22. The van der Waals surface area contributed by atoms with E-state index in [9.17, 15) is 0 Å². The number of aromatic nitrogens is 1. The van der Waals surface area contributed by atoms with Crippen molar-refractivity contribution in [1.29, 1.82) is 0 Å². The number of rotatable bonds is 4. The summed E-state index contributed by atoms with van der Waals surface area (Å²) in [6.07, 6.45) is 2.21. The predicted octanol–water partition coefficient (Wildman–Crippen LogP) is 3.42. The fourth-order valence-electron chi connectivity index (χ4n) is 3.90. The molecular formula is C19H26FN3O3. The van der Waals surface area contributed by atoms with Crippen LogP contribution in [0.1, 0.15) is 26.7 Å². The molecule has 7 heteroatoms. The Kier molecular flexibility index (Phi) is 5.00. The molecule has 2 aliphatic rings. The van der Waals surface area contributed by atoms with E-state index in [2.05, 4.69) is 10.5 Å². The Hall–Kier alpha value is -1.86. The number of hydrogen-bond acceptors (Lipinski definition) is 6. The van der Waals surface area contributed by atoms with Gasteiger partial charge in [-0.15, -0.1) is 0 Å². The molecule has 0 radical (unpaired) electrons. The fraction of sp³-hybridized carbons (Fsp3) is 0.632. The third-order valence-corrected chi connectivity index (χ3v) is 5.22. The molecule has 3 heterocycles. The Balaban J connectivity index is 1.53. The average molecular weight is 363 g/mol. The molecule has 0 bridgehead atoms. The SMILES string of the molecule is C[C@@H]1CN(c2ccc3c(NCC4CCOCC4)noc3c2F)C[C@H](C)O1. The van der Waals surface area contributed by atoms with E-state index in [1.54, 1.807) is 0 Å². The summed E-state index contributed by atoms with van der Waals surface area (Å²) in [5, 5.41) is 8.06. The molecule has 0 saturated carbocycles. The largest absolute Gasteiger partial charge is 0.381 e. The molecule has 2 aromatic rings. The summed E-state index contributed by atoms with van der Waals surface area (Å²) >= 11 is 0. The van der Waals surface area contributed by atoms with Gasteiger partial charge in [-0.1, -0.05) is 5.16 Å². The van der Waals surface area contributed by atoms with Gasteiger partial charge in [0.1, 0.15) is 0 Å². The molecule has 1 aromatic heterocycles. The molecule has 2 aliphatic heterocycles. The number of anilines is 2. The number of nitrogens with zero attached hydrogens (tertiary/aromatic N) is 2. The first kappa shape index (κ1) is 17.5. The molecule has 26 heavy (non-hydrogen) atoms. The highest BCUT2D eigenvalue weighted by atomic mass is 19.1. The maximum absolute atomic E-state index is 15.1. The summed E-state index contributed by atoms with van der Waals surface area (Å²) in [5.74, 6) is 0.812. The van der Waals surface area contributed by atoms with E-state index in [0.717, 1.165) is 32.6 Å². The molecule has 4 rings (SSSR count). The number of nitrogens with one attached hydrogen (secondary N) is 1. The minimum Gasteiger partial charge on any atom is -0.381 e. The normalized spacial score (nSPS) is 25.0. The second kappa shape index (κ2) is 7.40. The van der Waals surface area contributed by atoms with Gasteiger partial charge in [-0.3, -0.25) is 0 Å². The van der Waals surface area contributed by atoms with Crippen LogP contribution in [0, 0.1) is 11.7 Å². The molecule has 0 aliphatic carbocycles. The monoisotopic (exact) mass is 363 g/mol. The maximum atomic E-state index is 15.1. The van der Waals surface area contributed by atoms with Crippen molar-refractivity contribution in [3.05, 3.63) is 17.9 Å². The lowest BCUT2D eigenvalue weighted by Gasteiger charge is -2.36. The van der Waals surface area contributed by atoms with Crippen molar-refractivity contribution in [2.45, 2.75) is 38.9 Å². The minimum absolute atomic E-state index is 0.0697. The Morgan fingerprint density at radius 3 is 2.65 bits per heavy atom. The van der Waals surface area contributed by atoms with Crippen LogP contribution < -0.4 is 10.2 Å². The van der Waals surface area contributed by atoms with Gasteiger partial charge in [0.25, 0.3) is 0 Å². The van der Waals surface area contributed by atoms with Crippen LogP contribution in [-0.2, 0) is 9.47 Å². The third kappa shape index (κ3) is 3.50. The molecule has 6 nitrogen and oxygen atoms in total. The van der Waals surface area contributed by atoms with Gasteiger partial charge in [0.2, 0.25) is 5.58 Å². The summed E-state index contributed by atoms with van der Waals surface area (Å²) in [6.45, 7) is 7.75. The second-order valence-electron chi connectivity index (χ2n) is 7.41. The molecule has 2 saturated heterocycles. The first-order valence-electron chi connectivity index (χ1n) is 9.41. The van der Waals surface area contributed by atoms with Crippen molar-refractivity contribution in [2.75, 3.05) is 43.1 Å². The van der Waals surface area contributed by atoms with Crippen molar-refractivity contribution in [1.82, 2.24) is 5.16 Å². The molecule has 2 fully saturated rings. The van der Waals surface area contributed by atoms with Crippen molar-refractivity contribution in [3.8, 4) is 0 Å². The van der Waals surface area contributed by atoms with Gasteiger partial charge in [-0.05, 0) is 44.7 Å². The average Bonchev–Trinajstić information content (AvgIpc) is 3.04. The molecule has 1 aromatic carbocycles. The summed E-state index contributed by atoms with van der Waals surface area (Å²) in [4.78, 5) is 2.02. The Bertz CT molecular complexity index is 750. The first-order chi connectivity index (χ1) is 12.6. The lowest BCUT2D eigenvalue weighted by molar-refractivity contribution is -0.00539. The molecular weight excluding hydrogens is 337 g/mol. The summed E-state index contributed by atoms with van der Waals surface area (Å²) < 4.78 is 31.5. The lowest BCUT2D eigenvalue weighted by atomic mass is 10.0. The number of ether oxygens (including phenoxy) is 2. The van der Waals surface area contributed by atoms with Crippen molar-refractivity contribution in [2.24, 2.45) is 5.92 Å². The van der Waals surface area contributed by atoms with Crippen LogP contribution in [0.3, 0.4) is 0 Å². The van der Waals surface area contributed by atoms with E-state index in [0.29, 0.717) is 35.9 Å². The molecule has 0 amide bonds. The smallest absolute Gasteiger partial charge is 0.206 e. The van der Waals surface area contributed by atoms with Gasteiger partial charge in [0.05, 0.1) is 23.3 Å². The standard InChI is InChI=1S/C19H26FN3O3/c1-12-10-23(11-13(2)25-12)16-4-3-15-18(17(16)20)26-22-19(15)21-9-14-5-7-24-8-6-14/h3-4,12-14H,5-11H2,1-2H3,(H,21,22)/t12-,13+. The van der Waals surface area contributed by atoms with Crippen LogP contribution >= 0.6 is 0 Å². The number of hydrogen-bond donors (Lipinski definition) is 1. The van der Waals surface area contributed by atoms with E-state index in [1.165, 1.54) is 0 Å². The highest BCUT2D eigenvalue weighted by molar-refractivity contribution is 5.91. The topological polar surface area (TPSA) is 59.8 Å². The van der Waals surface area contributed by atoms with E-state index < -0.39 is 0 Å². The van der Waals surface area contributed by atoms with Crippen LogP contribution in [0.5, 0.6) is 0 Å². The van der Waals surface area contributed by atoms with Crippen LogP contribution in [0.4, 0.5) is 15.9 Å². The highest BCUT2D eigenvalue weighted by Gasteiger charge is 2.26. The van der Waals surface area contributed by atoms with Crippen molar-refractivity contribution in [3.63, 3.8) is 0 Å². The van der Waals surface area contributed by atoms with Crippen LogP contribution in [-0.4, -0.2) is 50.2 Å². The zero-order valence-corrected chi connectivity index (χ0v) is 15.3. The molecule has 0 unspecified atom stereocenters. The molecule has 0 spiro atoms. The Morgan fingerprint density at radius 1 is 1.19 bits per heavy atom. The van der Waals surface area contributed by atoms with Crippen LogP contribution in [0.2, 0.25) is 0 Å². The Morgan fingerprint density at radius 2 is 1.92 bits per heavy atom. The zero-order chi connectivity index (χ0) is 18.1. The van der Waals surface area contributed by atoms with Gasteiger partial charge in [0, 0.05) is 32.8 Å². The van der Waals surface area contributed by atoms with Gasteiger partial charge in [-0.25, -0.2) is 4.39 Å². The van der Waals surface area contributed by atoms with Crippen LogP contribution in [0.25, 0.3) is 11.0 Å². The number of fused-ring (bicyclic) bond motifs is 1. The Labute approximate surface area is 152 Å². The maximum Gasteiger partial charge on any atom is 0.206 e. The van der Waals surface area contributed by atoms with E-state index >= 15 is 4.39 Å². The van der Waals surface area contributed by atoms with Gasteiger partial charge in [0.15, 0.2) is 11.6 Å². The lowest BCUT2D eigenvalue weighted by Crippen LogP contribution is -2.45. The number of halogens is 1.